The third kappa shape index (κ3) is 3.74. The molecule has 5 nitrogen and oxygen atoms in total. The van der Waals surface area contributed by atoms with Crippen LogP contribution in [-0.2, 0) is 13.1 Å². The van der Waals surface area contributed by atoms with Crippen LogP contribution in [0.3, 0.4) is 0 Å². The van der Waals surface area contributed by atoms with Crippen LogP contribution in [0.2, 0.25) is 0 Å². The quantitative estimate of drug-likeness (QED) is 0.650. The predicted molar refractivity (Wildman–Crippen MR) is 105 cm³/mol. The second kappa shape index (κ2) is 7.04. The van der Waals surface area contributed by atoms with Gasteiger partial charge in [-0.2, -0.15) is 0 Å². The number of fused-ring (bicyclic) bond motifs is 1. The molecule has 0 amide bonds. The summed E-state index contributed by atoms with van der Waals surface area (Å²) in [6, 6.07) is 10.7. The second-order valence-electron chi connectivity index (χ2n) is 8.12. The van der Waals surface area contributed by atoms with Crippen molar-refractivity contribution in [2.75, 3.05) is 13.1 Å². The number of benzene rings is 1. The largest absolute Gasteiger partial charge is 0.490 e. The van der Waals surface area contributed by atoms with Crippen molar-refractivity contribution in [3.8, 4) is 5.75 Å². The Morgan fingerprint density at radius 3 is 2.74 bits per heavy atom. The summed E-state index contributed by atoms with van der Waals surface area (Å²) in [4.78, 5) is 2.43. The van der Waals surface area contributed by atoms with Gasteiger partial charge in [0.05, 0.1) is 11.2 Å². The van der Waals surface area contributed by atoms with Crippen LogP contribution in [0.15, 0.2) is 41.1 Å². The molecule has 0 spiro atoms. The van der Waals surface area contributed by atoms with Crippen molar-refractivity contribution in [3.63, 3.8) is 0 Å². The maximum Gasteiger partial charge on any atom is 0.133 e. The Bertz CT molecular complexity index is 917. The number of ether oxygens (including phenoxy) is 1. The Labute approximate surface area is 159 Å². The minimum absolute atomic E-state index is 0.290. The number of hydrogen-bond acceptors (Lipinski definition) is 4. The Kier molecular flexibility index (Phi) is 4.40. The smallest absolute Gasteiger partial charge is 0.133 e. The molecule has 1 saturated heterocycles. The lowest BCUT2D eigenvalue weighted by molar-refractivity contribution is 0.0966. The van der Waals surface area contributed by atoms with Gasteiger partial charge in [0.1, 0.15) is 17.6 Å². The molecule has 27 heavy (non-hydrogen) atoms. The van der Waals surface area contributed by atoms with E-state index in [0.717, 1.165) is 62.1 Å². The molecule has 1 aliphatic heterocycles. The van der Waals surface area contributed by atoms with Crippen LogP contribution >= 0.6 is 0 Å². The standard InChI is InChI=1S/C22H27N3O2/c1-16-13-18(23-27-16)15-24-10-7-19(8-11-24)26-22-4-2-3-21-20(22)9-12-25(21)14-17-5-6-17/h2-4,9,12-13,17,19H,5-8,10-11,14-15H2,1H3. The summed E-state index contributed by atoms with van der Waals surface area (Å²) in [6.07, 6.45) is 7.37. The van der Waals surface area contributed by atoms with E-state index in [0.29, 0.717) is 0 Å². The van der Waals surface area contributed by atoms with Gasteiger partial charge in [0.25, 0.3) is 0 Å². The molecular weight excluding hydrogens is 338 g/mol. The zero-order chi connectivity index (χ0) is 18.2. The van der Waals surface area contributed by atoms with E-state index in [1.807, 2.05) is 13.0 Å². The Morgan fingerprint density at radius 1 is 1.15 bits per heavy atom. The summed E-state index contributed by atoms with van der Waals surface area (Å²) in [5.41, 5.74) is 2.33. The highest BCUT2D eigenvalue weighted by molar-refractivity contribution is 5.86. The van der Waals surface area contributed by atoms with E-state index in [4.69, 9.17) is 9.26 Å². The van der Waals surface area contributed by atoms with Gasteiger partial charge in [-0.25, -0.2) is 0 Å². The monoisotopic (exact) mass is 365 g/mol. The molecule has 0 unspecified atom stereocenters. The number of aromatic nitrogens is 2. The maximum absolute atomic E-state index is 6.43. The molecule has 1 saturated carbocycles. The maximum atomic E-state index is 6.43. The first kappa shape index (κ1) is 16.9. The molecule has 142 valence electrons. The molecule has 1 aromatic carbocycles. The number of hydrogen-bond donors (Lipinski definition) is 0. The molecule has 1 aliphatic carbocycles. The topological polar surface area (TPSA) is 43.4 Å². The summed E-state index contributed by atoms with van der Waals surface area (Å²) in [5, 5.41) is 5.36. The van der Waals surface area contributed by atoms with E-state index < -0.39 is 0 Å². The molecule has 5 heteroatoms. The average Bonchev–Trinajstić information content (AvgIpc) is 3.26. The van der Waals surface area contributed by atoms with Crippen LogP contribution in [0.1, 0.15) is 37.1 Å². The number of nitrogens with zero attached hydrogens (tertiary/aromatic N) is 3. The highest BCUT2D eigenvalue weighted by Crippen LogP contribution is 2.34. The van der Waals surface area contributed by atoms with Gasteiger partial charge >= 0.3 is 0 Å². The van der Waals surface area contributed by atoms with Crippen LogP contribution in [-0.4, -0.2) is 33.8 Å². The van der Waals surface area contributed by atoms with Gasteiger partial charge in [0.2, 0.25) is 0 Å². The molecular formula is C22H27N3O2. The molecule has 2 aliphatic rings. The zero-order valence-electron chi connectivity index (χ0n) is 15.9. The molecule has 2 fully saturated rings. The van der Waals surface area contributed by atoms with Crippen LogP contribution < -0.4 is 4.74 Å². The van der Waals surface area contributed by atoms with Gasteiger partial charge in [-0.1, -0.05) is 11.2 Å². The molecule has 0 radical (unpaired) electrons. The van der Waals surface area contributed by atoms with Gasteiger partial charge in [0, 0.05) is 43.8 Å². The number of aryl methyl sites for hydroxylation is 1. The SMILES string of the molecule is Cc1cc(CN2CCC(Oc3cccc4c3ccn4CC3CC3)CC2)no1. The fourth-order valence-electron chi connectivity index (χ4n) is 4.12. The van der Waals surface area contributed by atoms with Crippen molar-refractivity contribution in [1.82, 2.24) is 14.6 Å². The number of likely N-dealkylation sites (tertiary alicyclic amines) is 1. The second-order valence-corrected chi connectivity index (χ2v) is 8.12. The highest BCUT2D eigenvalue weighted by Gasteiger charge is 2.24. The van der Waals surface area contributed by atoms with E-state index >= 15 is 0 Å². The lowest BCUT2D eigenvalue weighted by atomic mass is 10.1. The number of rotatable bonds is 6. The van der Waals surface area contributed by atoms with Crippen molar-refractivity contribution in [2.45, 2.75) is 51.8 Å². The van der Waals surface area contributed by atoms with Gasteiger partial charge < -0.3 is 13.8 Å². The predicted octanol–water partition coefficient (Wildman–Crippen LogP) is 4.39. The highest BCUT2D eigenvalue weighted by atomic mass is 16.5. The molecule has 0 atom stereocenters. The lowest BCUT2D eigenvalue weighted by Gasteiger charge is -2.31. The zero-order valence-corrected chi connectivity index (χ0v) is 15.9. The average molecular weight is 365 g/mol. The van der Waals surface area contributed by atoms with Gasteiger partial charge in [0.15, 0.2) is 0 Å². The van der Waals surface area contributed by atoms with Crippen molar-refractivity contribution >= 4 is 10.9 Å². The molecule has 0 bridgehead atoms. The lowest BCUT2D eigenvalue weighted by Crippen LogP contribution is -2.37. The first-order chi connectivity index (χ1) is 13.2. The van der Waals surface area contributed by atoms with E-state index in [1.54, 1.807) is 0 Å². The third-order valence-electron chi connectivity index (χ3n) is 5.82. The summed E-state index contributed by atoms with van der Waals surface area (Å²) in [7, 11) is 0. The first-order valence-electron chi connectivity index (χ1n) is 10.1. The van der Waals surface area contributed by atoms with E-state index in [-0.39, 0.29) is 6.10 Å². The molecule has 3 heterocycles. The minimum Gasteiger partial charge on any atom is -0.490 e. The molecule has 2 aromatic heterocycles. The normalized spacial score (nSPS) is 19.0. The summed E-state index contributed by atoms with van der Waals surface area (Å²) in [5.74, 6) is 2.79. The fourth-order valence-corrected chi connectivity index (χ4v) is 4.12. The van der Waals surface area contributed by atoms with Crippen molar-refractivity contribution in [1.29, 1.82) is 0 Å². The summed E-state index contributed by atoms with van der Waals surface area (Å²) in [6.45, 7) is 6.02. The van der Waals surface area contributed by atoms with Crippen molar-refractivity contribution in [2.24, 2.45) is 5.92 Å². The Hall–Kier alpha value is -2.27. The molecule has 0 N–H and O–H groups in total. The Morgan fingerprint density at radius 2 is 2.00 bits per heavy atom. The van der Waals surface area contributed by atoms with Gasteiger partial charge in [-0.3, -0.25) is 4.90 Å². The van der Waals surface area contributed by atoms with E-state index in [1.165, 1.54) is 23.7 Å². The number of piperidine rings is 1. The van der Waals surface area contributed by atoms with Crippen LogP contribution in [0.5, 0.6) is 5.75 Å². The van der Waals surface area contributed by atoms with E-state index in [9.17, 15) is 0 Å². The first-order valence-corrected chi connectivity index (χ1v) is 10.1. The molecule has 3 aromatic rings. The van der Waals surface area contributed by atoms with Crippen LogP contribution in [0, 0.1) is 12.8 Å². The third-order valence-corrected chi connectivity index (χ3v) is 5.82. The van der Waals surface area contributed by atoms with Crippen LogP contribution in [0.4, 0.5) is 0 Å². The fraction of sp³-hybridized carbons (Fsp3) is 0.500. The van der Waals surface area contributed by atoms with Crippen LogP contribution in [0.25, 0.3) is 10.9 Å². The van der Waals surface area contributed by atoms with E-state index in [2.05, 4.69) is 45.1 Å². The summed E-state index contributed by atoms with van der Waals surface area (Å²) < 4.78 is 14.0. The van der Waals surface area contributed by atoms with Gasteiger partial charge in [-0.05, 0) is 56.7 Å². The minimum atomic E-state index is 0.290. The Balaban J connectivity index is 1.22. The van der Waals surface area contributed by atoms with Crippen molar-refractivity contribution in [3.05, 3.63) is 48.0 Å². The summed E-state index contributed by atoms with van der Waals surface area (Å²) >= 11 is 0. The van der Waals surface area contributed by atoms with Gasteiger partial charge in [-0.15, -0.1) is 0 Å². The molecule has 5 rings (SSSR count). The van der Waals surface area contributed by atoms with Crippen molar-refractivity contribution < 1.29 is 9.26 Å².